The average Bonchev–Trinajstić information content (AvgIpc) is 1.87. The lowest BCUT2D eigenvalue weighted by Crippen LogP contribution is -2.00. The molecule has 1 rings (SSSR count). The fourth-order valence-corrected chi connectivity index (χ4v) is 0.432. The van der Waals surface area contributed by atoms with E-state index in [4.69, 9.17) is 10.2 Å². The monoisotopic (exact) mass is 102 g/mol. The number of hydrogen-bond donors (Lipinski definition) is 2. The van der Waals surface area contributed by atoms with Crippen molar-refractivity contribution in [1.29, 1.82) is 0 Å². The van der Waals surface area contributed by atoms with Gasteiger partial charge in [-0.25, -0.2) is 0 Å². The molecule has 1 heterocycles. The van der Waals surface area contributed by atoms with Gasteiger partial charge in [-0.3, -0.25) is 0 Å². The lowest BCUT2D eigenvalue weighted by molar-refractivity contribution is -0.0420. The Kier molecular flexibility index (Phi) is 1.00. The maximum atomic E-state index is 8.48. The van der Waals surface area contributed by atoms with Gasteiger partial charge in [0.2, 0.25) is 0 Å². The maximum absolute atomic E-state index is 8.48. The van der Waals surface area contributed by atoms with Crippen LogP contribution in [0.15, 0.2) is 11.8 Å². The van der Waals surface area contributed by atoms with Gasteiger partial charge in [-0.2, -0.15) is 0 Å². The van der Waals surface area contributed by atoms with E-state index in [-0.39, 0.29) is 12.4 Å². The number of aliphatic hydroxyl groups excluding tert-OH is 2. The molecule has 3 heteroatoms. The minimum absolute atomic E-state index is 0.104. The minimum Gasteiger partial charge on any atom is -0.510 e. The molecule has 0 aliphatic carbocycles. The summed E-state index contributed by atoms with van der Waals surface area (Å²) in [6, 6.07) is 0. The molecule has 0 aromatic carbocycles. The number of ether oxygens (including phenoxy) is 1. The topological polar surface area (TPSA) is 49.7 Å². The fraction of sp³-hybridized carbons (Fsp3) is 0.500. The van der Waals surface area contributed by atoms with Gasteiger partial charge < -0.3 is 14.9 Å². The molecule has 0 saturated carbocycles. The third-order valence-corrected chi connectivity index (χ3v) is 0.737. The molecule has 0 spiro atoms. The Morgan fingerprint density at radius 3 is 2.71 bits per heavy atom. The van der Waals surface area contributed by atoms with Crippen LogP contribution < -0.4 is 0 Å². The van der Waals surface area contributed by atoms with Crippen molar-refractivity contribution < 1.29 is 14.9 Å². The van der Waals surface area contributed by atoms with Crippen LogP contribution in [-0.4, -0.2) is 23.1 Å². The van der Waals surface area contributed by atoms with E-state index < -0.39 is 6.29 Å². The van der Waals surface area contributed by atoms with E-state index in [2.05, 4.69) is 4.74 Å². The zero-order chi connectivity index (χ0) is 5.28. The lowest BCUT2D eigenvalue weighted by Gasteiger charge is -1.92. The Balaban J connectivity index is 2.50. The second kappa shape index (κ2) is 1.52. The molecule has 1 aliphatic rings. The van der Waals surface area contributed by atoms with Gasteiger partial charge in [0.25, 0.3) is 0 Å². The van der Waals surface area contributed by atoms with Crippen LogP contribution in [0, 0.1) is 0 Å². The average molecular weight is 102 g/mol. The van der Waals surface area contributed by atoms with Crippen LogP contribution in [0.25, 0.3) is 0 Å². The smallest absolute Gasteiger partial charge is 0.178 e. The van der Waals surface area contributed by atoms with Gasteiger partial charge in [0.1, 0.15) is 12.4 Å². The predicted octanol–water partition coefficient (Wildman–Crippen LogP) is -0.223. The van der Waals surface area contributed by atoms with E-state index in [9.17, 15) is 0 Å². The normalized spacial score (nSPS) is 30.4. The molecular formula is C4H6O3. The van der Waals surface area contributed by atoms with Gasteiger partial charge in [-0.05, 0) is 0 Å². The molecule has 0 bridgehead atoms. The van der Waals surface area contributed by atoms with E-state index in [1.54, 1.807) is 0 Å². The van der Waals surface area contributed by atoms with Crippen LogP contribution in [-0.2, 0) is 4.74 Å². The Labute approximate surface area is 40.8 Å². The van der Waals surface area contributed by atoms with Crippen LogP contribution in [0.5, 0.6) is 0 Å². The van der Waals surface area contributed by atoms with Gasteiger partial charge >= 0.3 is 0 Å². The first-order valence-corrected chi connectivity index (χ1v) is 1.98. The van der Waals surface area contributed by atoms with Crippen molar-refractivity contribution in [3.05, 3.63) is 11.8 Å². The summed E-state index contributed by atoms with van der Waals surface area (Å²) in [5.74, 6) is 0.104. The molecule has 1 unspecified atom stereocenters. The van der Waals surface area contributed by atoms with Gasteiger partial charge in [0.15, 0.2) is 6.29 Å². The lowest BCUT2D eigenvalue weighted by atomic mass is 10.5. The van der Waals surface area contributed by atoms with E-state index in [1.165, 1.54) is 6.08 Å². The van der Waals surface area contributed by atoms with Crippen molar-refractivity contribution in [2.24, 2.45) is 0 Å². The van der Waals surface area contributed by atoms with Crippen LogP contribution in [0.4, 0.5) is 0 Å². The maximum Gasteiger partial charge on any atom is 0.178 e. The molecule has 1 atom stereocenters. The molecular weight excluding hydrogens is 96.0 g/mol. The molecule has 0 aromatic rings. The standard InChI is InChI=1S/C4H6O3/c5-3-1-4(6)7-2-3/h1,4-6H,2H2. The van der Waals surface area contributed by atoms with Crippen LogP contribution >= 0.6 is 0 Å². The highest BCUT2D eigenvalue weighted by atomic mass is 16.6. The third-order valence-electron chi connectivity index (χ3n) is 0.737. The molecule has 0 radical (unpaired) electrons. The van der Waals surface area contributed by atoms with Gasteiger partial charge in [-0.15, -0.1) is 0 Å². The van der Waals surface area contributed by atoms with E-state index in [1.807, 2.05) is 0 Å². The Morgan fingerprint density at radius 2 is 2.57 bits per heavy atom. The zero-order valence-corrected chi connectivity index (χ0v) is 3.66. The minimum atomic E-state index is -0.889. The van der Waals surface area contributed by atoms with Crippen molar-refractivity contribution in [3.63, 3.8) is 0 Å². The summed E-state index contributed by atoms with van der Waals surface area (Å²) in [6.45, 7) is 0.140. The predicted molar refractivity (Wildman–Crippen MR) is 22.7 cm³/mol. The second-order valence-corrected chi connectivity index (χ2v) is 1.36. The van der Waals surface area contributed by atoms with Gasteiger partial charge in [0.05, 0.1) is 0 Å². The molecule has 0 amide bonds. The SMILES string of the molecule is OC1=CC(O)OC1. The summed E-state index contributed by atoms with van der Waals surface area (Å²) in [5.41, 5.74) is 0. The second-order valence-electron chi connectivity index (χ2n) is 1.36. The first-order valence-electron chi connectivity index (χ1n) is 1.98. The quantitative estimate of drug-likeness (QED) is 0.444. The Hall–Kier alpha value is -0.540. The first-order chi connectivity index (χ1) is 3.29. The van der Waals surface area contributed by atoms with E-state index in [0.29, 0.717) is 0 Å². The highest BCUT2D eigenvalue weighted by Gasteiger charge is 2.09. The summed E-state index contributed by atoms with van der Waals surface area (Å²) < 4.78 is 4.48. The summed E-state index contributed by atoms with van der Waals surface area (Å²) in [6.07, 6.45) is 0.361. The highest BCUT2D eigenvalue weighted by molar-refractivity contribution is 4.98. The molecule has 0 saturated heterocycles. The molecule has 3 nitrogen and oxygen atoms in total. The van der Waals surface area contributed by atoms with Gasteiger partial charge in [-0.1, -0.05) is 0 Å². The summed E-state index contributed by atoms with van der Waals surface area (Å²) in [7, 11) is 0. The summed E-state index contributed by atoms with van der Waals surface area (Å²) in [4.78, 5) is 0. The van der Waals surface area contributed by atoms with E-state index in [0.717, 1.165) is 0 Å². The number of hydrogen-bond acceptors (Lipinski definition) is 3. The largest absolute Gasteiger partial charge is 0.510 e. The Morgan fingerprint density at radius 1 is 1.86 bits per heavy atom. The summed E-state index contributed by atoms with van der Waals surface area (Å²) in [5, 5.41) is 16.9. The highest BCUT2D eigenvalue weighted by Crippen LogP contribution is 2.04. The number of aliphatic hydroxyl groups is 2. The van der Waals surface area contributed by atoms with Crippen molar-refractivity contribution in [2.75, 3.05) is 6.61 Å². The van der Waals surface area contributed by atoms with Crippen molar-refractivity contribution >= 4 is 0 Å². The van der Waals surface area contributed by atoms with Crippen molar-refractivity contribution in [1.82, 2.24) is 0 Å². The molecule has 1 aliphatic heterocycles. The van der Waals surface area contributed by atoms with Crippen LogP contribution in [0.3, 0.4) is 0 Å². The molecule has 2 N–H and O–H groups in total. The molecule has 40 valence electrons. The third kappa shape index (κ3) is 0.913. The van der Waals surface area contributed by atoms with Crippen LogP contribution in [0.1, 0.15) is 0 Å². The van der Waals surface area contributed by atoms with Crippen molar-refractivity contribution in [3.8, 4) is 0 Å². The fourth-order valence-electron chi connectivity index (χ4n) is 0.432. The molecule has 0 fully saturated rings. The van der Waals surface area contributed by atoms with Crippen molar-refractivity contribution in [2.45, 2.75) is 6.29 Å². The zero-order valence-electron chi connectivity index (χ0n) is 3.66. The van der Waals surface area contributed by atoms with E-state index >= 15 is 0 Å². The first kappa shape index (κ1) is 4.61. The molecule has 7 heavy (non-hydrogen) atoms. The molecule has 0 aromatic heterocycles. The Bertz CT molecular complexity index is 97.1. The summed E-state index contributed by atoms with van der Waals surface area (Å²) >= 11 is 0. The number of rotatable bonds is 0. The van der Waals surface area contributed by atoms with Crippen LogP contribution in [0.2, 0.25) is 0 Å². The van der Waals surface area contributed by atoms with Gasteiger partial charge in [0, 0.05) is 6.08 Å².